The van der Waals surface area contributed by atoms with Gasteiger partial charge in [0.15, 0.2) is 0 Å². The molecule has 0 bridgehead atoms. The molecule has 0 radical (unpaired) electrons. The molecule has 0 aliphatic heterocycles. The minimum absolute atomic E-state index is 0.593. The normalized spacial score (nSPS) is 10.5. The molecular formula is C16H15N5. The van der Waals surface area contributed by atoms with E-state index in [-0.39, 0.29) is 0 Å². The van der Waals surface area contributed by atoms with Crippen molar-refractivity contribution in [3.63, 3.8) is 0 Å². The van der Waals surface area contributed by atoms with Crippen LogP contribution in [0.2, 0.25) is 0 Å². The third-order valence-corrected chi connectivity index (χ3v) is 3.58. The largest absolute Gasteiger partial charge is 0.384 e. The molecule has 0 fully saturated rings. The number of anilines is 2. The number of aryl methyl sites for hydroxylation is 1. The summed E-state index contributed by atoms with van der Waals surface area (Å²) in [5.74, 6) is 0.653. The highest BCUT2D eigenvalue weighted by molar-refractivity contribution is 5.97. The zero-order valence-corrected chi connectivity index (χ0v) is 11.7. The van der Waals surface area contributed by atoms with Gasteiger partial charge < -0.3 is 11.1 Å². The molecule has 0 saturated carbocycles. The van der Waals surface area contributed by atoms with Gasteiger partial charge in [0.05, 0.1) is 17.8 Å². The number of nitrogens with zero attached hydrogens (tertiary/aromatic N) is 3. The summed E-state index contributed by atoms with van der Waals surface area (Å²) in [4.78, 5) is 0. The molecule has 3 rings (SSSR count). The monoisotopic (exact) mass is 277 g/mol. The molecule has 0 aliphatic carbocycles. The summed E-state index contributed by atoms with van der Waals surface area (Å²) in [5.41, 5.74) is 8.55. The standard InChI is InChI=1S/C16H15N5/c1-21-16(18)12(10-20-21)9-19-15-7-6-11(8-17)13-4-2-3-5-14(13)15/h2-7,10,19H,9,18H2,1H3. The van der Waals surface area contributed by atoms with Crippen LogP contribution in [0.1, 0.15) is 11.1 Å². The molecule has 0 amide bonds. The van der Waals surface area contributed by atoms with Gasteiger partial charge in [0.2, 0.25) is 0 Å². The third-order valence-electron chi connectivity index (χ3n) is 3.58. The van der Waals surface area contributed by atoms with E-state index in [2.05, 4.69) is 16.5 Å². The van der Waals surface area contributed by atoms with Crippen molar-refractivity contribution < 1.29 is 0 Å². The fraction of sp³-hybridized carbons (Fsp3) is 0.125. The highest BCUT2D eigenvalue weighted by atomic mass is 15.3. The molecule has 5 nitrogen and oxygen atoms in total. The second-order valence-electron chi connectivity index (χ2n) is 4.85. The van der Waals surface area contributed by atoms with Crippen molar-refractivity contribution in [1.82, 2.24) is 9.78 Å². The molecule has 1 aromatic heterocycles. The number of hydrogen-bond acceptors (Lipinski definition) is 4. The number of rotatable bonds is 3. The molecule has 104 valence electrons. The van der Waals surface area contributed by atoms with E-state index in [1.807, 2.05) is 43.4 Å². The van der Waals surface area contributed by atoms with E-state index >= 15 is 0 Å². The van der Waals surface area contributed by atoms with Gasteiger partial charge in [-0.15, -0.1) is 0 Å². The van der Waals surface area contributed by atoms with E-state index in [0.29, 0.717) is 17.9 Å². The maximum absolute atomic E-state index is 9.18. The van der Waals surface area contributed by atoms with E-state index in [1.54, 1.807) is 10.9 Å². The van der Waals surface area contributed by atoms with E-state index in [9.17, 15) is 5.26 Å². The Kier molecular flexibility index (Phi) is 3.20. The van der Waals surface area contributed by atoms with Crippen molar-refractivity contribution >= 4 is 22.3 Å². The van der Waals surface area contributed by atoms with Crippen LogP contribution >= 0.6 is 0 Å². The van der Waals surface area contributed by atoms with E-state index < -0.39 is 0 Å². The van der Waals surface area contributed by atoms with Gasteiger partial charge in [0, 0.05) is 35.6 Å². The smallest absolute Gasteiger partial charge is 0.126 e. The second-order valence-corrected chi connectivity index (χ2v) is 4.85. The van der Waals surface area contributed by atoms with Crippen LogP contribution < -0.4 is 11.1 Å². The lowest BCUT2D eigenvalue weighted by Crippen LogP contribution is -2.04. The first-order chi connectivity index (χ1) is 10.2. The van der Waals surface area contributed by atoms with Crippen LogP contribution in [0.25, 0.3) is 10.8 Å². The first-order valence-electron chi connectivity index (χ1n) is 6.63. The van der Waals surface area contributed by atoms with Crippen molar-refractivity contribution in [1.29, 1.82) is 5.26 Å². The van der Waals surface area contributed by atoms with Crippen LogP contribution in [0.5, 0.6) is 0 Å². The number of fused-ring (bicyclic) bond motifs is 1. The van der Waals surface area contributed by atoms with Crippen molar-refractivity contribution in [2.75, 3.05) is 11.1 Å². The molecule has 3 N–H and O–H groups in total. The molecule has 0 aliphatic rings. The number of hydrogen-bond donors (Lipinski definition) is 2. The molecular weight excluding hydrogens is 262 g/mol. The molecule has 0 spiro atoms. The van der Waals surface area contributed by atoms with E-state index in [0.717, 1.165) is 22.0 Å². The summed E-state index contributed by atoms with van der Waals surface area (Å²) >= 11 is 0. The lowest BCUT2D eigenvalue weighted by atomic mass is 10.0. The van der Waals surface area contributed by atoms with Gasteiger partial charge in [-0.2, -0.15) is 10.4 Å². The topological polar surface area (TPSA) is 79.7 Å². The van der Waals surface area contributed by atoms with Crippen LogP contribution in [0.15, 0.2) is 42.6 Å². The van der Waals surface area contributed by atoms with Gasteiger partial charge in [-0.1, -0.05) is 24.3 Å². The summed E-state index contributed by atoms with van der Waals surface area (Å²) in [6.45, 7) is 0.593. The molecule has 2 aromatic carbocycles. The predicted octanol–water partition coefficient (Wildman–Crippen LogP) is 2.64. The second kappa shape index (κ2) is 5.17. The molecule has 21 heavy (non-hydrogen) atoms. The summed E-state index contributed by atoms with van der Waals surface area (Å²) in [6, 6.07) is 13.8. The Morgan fingerprint density at radius 1 is 1.24 bits per heavy atom. The van der Waals surface area contributed by atoms with Gasteiger partial charge >= 0.3 is 0 Å². The highest BCUT2D eigenvalue weighted by Gasteiger charge is 2.07. The Morgan fingerprint density at radius 3 is 2.67 bits per heavy atom. The van der Waals surface area contributed by atoms with Crippen molar-refractivity contribution in [2.24, 2.45) is 7.05 Å². The Morgan fingerprint density at radius 2 is 2.00 bits per heavy atom. The van der Waals surface area contributed by atoms with Crippen molar-refractivity contribution in [3.8, 4) is 6.07 Å². The number of nitrogen functional groups attached to an aromatic ring is 1. The van der Waals surface area contributed by atoms with Crippen LogP contribution in [-0.4, -0.2) is 9.78 Å². The zero-order chi connectivity index (χ0) is 14.8. The average Bonchev–Trinajstić information content (AvgIpc) is 2.84. The maximum atomic E-state index is 9.18. The number of benzene rings is 2. The molecule has 0 unspecified atom stereocenters. The van der Waals surface area contributed by atoms with Crippen LogP contribution in [0, 0.1) is 11.3 Å². The quantitative estimate of drug-likeness (QED) is 0.771. The van der Waals surface area contributed by atoms with Crippen molar-refractivity contribution in [2.45, 2.75) is 6.54 Å². The van der Waals surface area contributed by atoms with Gasteiger partial charge in [-0.3, -0.25) is 4.68 Å². The van der Waals surface area contributed by atoms with Crippen LogP contribution in [0.3, 0.4) is 0 Å². The Bertz CT molecular complexity index is 841. The summed E-state index contributed by atoms with van der Waals surface area (Å²) < 4.78 is 1.65. The van der Waals surface area contributed by atoms with Gasteiger partial charge in [-0.25, -0.2) is 0 Å². The lowest BCUT2D eigenvalue weighted by molar-refractivity contribution is 0.778. The van der Waals surface area contributed by atoms with E-state index in [1.165, 1.54) is 0 Å². The Hall–Kier alpha value is -3.00. The minimum Gasteiger partial charge on any atom is -0.384 e. The van der Waals surface area contributed by atoms with Crippen LogP contribution in [0.4, 0.5) is 11.5 Å². The zero-order valence-electron chi connectivity index (χ0n) is 11.7. The van der Waals surface area contributed by atoms with Gasteiger partial charge in [-0.05, 0) is 12.1 Å². The number of nitrogens with two attached hydrogens (primary N) is 1. The third kappa shape index (κ3) is 2.28. The summed E-state index contributed by atoms with van der Waals surface area (Å²) in [5, 5.41) is 18.6. The highest BCUT2D eigenvalue weighted by Crippen LogP contribution is 2.27. The SMILES string of the molecule is Cn1ncc(CNc2ccc(C#N)c3ccccc23)c1N. The average molecular weight is 277 g/mol. The van der Waals surface area contributed by atoms with Crippen molar-refractivity contribution in [3.05, 3.63) is 53.7 Å². The Balaban J connectivity index is 1.95. The first kappa shape index (κ1) is 13.0. The number of aromatic nitrogens is 2. The minimum atomic E-state index is 0.593. The van der Waals surface area contributed by atoms with Crippen LogP contribution in [-0.2, 0) is 13.6 Å². The molecule has 3 aromatic rings. The lowest BCUT2D eigenvalue weighted by Gasteiger charge is -2.10. The number of nitrogens with one attached hydrogen (secondary N) is 1. The summed E-state index contributed by atoms with van der Waals surface area (Å²) in [6.07, 6.45) is 1.76. The predicted molar refractivity (Wildman–Crippen MR) is 83.6 cm³/mol. The molecule has 0 saturated heterocycles. The van der Waals surface area contributed by atoms with Gasteiger partial charge in [0.25, 0.3) is 0 Å². The maximum Gasteiger partial charge on any atom is 0.126 e. The Labute approximate surface area is 122 Å². The van der Waals surface area contributed by atoms with E-state index in [4.69, 9.17) is 5.73 Å². The van der Waals surface area contributed by atoms with Gasteiger partial charge in [0.1, 0.15) is 5.82 Å². The number of nitriles is 1. The molecule has 5 heteroatoms. The molecule has 1 heterocycles. The fourth-order valence-electron chi connectivity index (χ4n) is 2.37. The fourth-order valence-corrected chi connectivity index (χ4v) is 2.37. The summed E-state index contributed by atoms with van der Waals surface area (Å²) in [7, 11) is 1.82. The first-order valence-corrected chi connectivity index (χ1v) is 6.63. The molecule has 0 atom stereocenters.